The summed E-state index contributed by atoms with van der Waals surface area (Å²) in [5, 5.41) is 12.3. The Morgan fingerprint density at radius 2 is 2.25 bits per heavy atom. The normalized spacial score (nSPS) is 13.6. The van der Waals surface area contributed by atoms with Crippen LogP contribution in [0.4, 0.5) is 0 Å². The SMILES string of the molecule is N#CCNC(=O)c1c(-n2cccc2)sc2c1CCSC2. The van der Waals surface area contributed by atoms with E-state index in [0.717, 1.165) is 34.1 Å². The number of carbonyl (C=O) groups is 1. The van der Waals surface area contributed by atoms with Gasteiger partial charge in [-0.2, -0.15) is 17.0 Å². The summed E-state index contributed by atoms with van der Waals surface area (Å²) in [5.74, 6) is 1.88. The topological polar surface area (TPSA) is 57.8 Å². The van der Waals surface area contributed by atoms with E-state index >= 15 is 0 Å². The Kier molecular flexibility index (Phi) is 3.81. The van der Waals surface area contributed by atoms with Crippen molar-refractivity contribution in [2.45, 2.75) is 12.2 Å². The molecule has 1 N–H and O–H groups in total. The first-order chi connectivity index (χ1) is 9.81. The molecule has 0 saturated carbocycles. The van der Waals surface area contributed by atoms with Crippen LogP contribution in [0.1, 0.15) is 20.8 Å². The zero-order valence-corrected chi connectivity index (χ0v) is 12.4. The highest BCUT2D eigenvalue weighted by molar-refractivity contribution is 7.98. The molecule has 102 valence electrons. The standard InChI is InChI=1S/C14H13N3OS2/c15-4-5-16-13(18)12-10-3-8-19-9-11(10)20-14(12)17-6-1-2-7-17/h1-2,6-7H,3,5,8-9H2,(H,16,18). The number of nitrogens with one attached hydrogen (secondary N) is 1. The number of nitrogens with zero attached hydrogens (tertiary/aromatic N) is 2. The van der Waals surface area contributed by atoms with Crippen LogP contribution in [0.2, 0.25) is 0 Å². The smallest absolute Gasteiger partial charge is 0.255 e. The molecule has 20 heavy (non-hydrogen) atoms. The van der Waals surface area contributed by atoms with Gasteiger partial charge in [-0.1, -0.05) is 0 Å². The first-order valence-electron chi connectivity index (χ1n) is 6.32. The van der Waals surface area contributed by atoms with E-state index in [1.807, 2.05) is 46.9 Å². The summed E-state index contributed by atoms with van der Waals surface area (Å²) in [7, 11) is 0. The third kappa shape index (κ3) is 2.35. The molecule has 0 atom stereocenters. The predicted octanol–water partition coefficient (Wildman–Crippen LogP) is 2.58. The van der Waals surface area contributed by atoms with E-state index in [2.05, 4.69) is 5.32 Å². The summed E-state index contributed by atoms with van der Waals surface area (Å²) in [6, 6.07) is 5.85. The number of rotatable bonds is 3. The van der Waals surface area contributed by atoms with Crippen LogP contribution < -0.4 is 5.32 Å². The van der Waals surface area contributed by atoms with E-state index in [-0.39, 0.29) is 12.5 Å². The first-order valence-corrected chi connectivity index (χ1v) is 8.29. The third-order valence-electron chi connectivity index (χ3n) is 3.20. The molecule has 3 heterocycles. The molecule has 0 aromatic carbocycles. The van der Waals surface area contributed by atoms with Crippen LogP contribution in [0.25, 0.3) is 5.00 Å². The lowest BCUT2D eigenvalue weighted by Gasteiger charge is -2.12. The highest BCUT2D eigenvalue weighted by Gasteiger charge is 2.25. The maximum Gasteiger partial charge on any atom is 0.255 e. The van der Waals surface area contributed by atoms with Gasteiger partial charge >= 0.3 is 0 Å². The minimum atomic E-state index is -0.139. The maximum absolute atomic E-state index is 12.4. The Bertz CT molecular complexity index is 667. The number of hydrogen-bond donors (Lipinski definition) is 1. The number of amides is 1. The van der Waals surface area contributed by atoms with Crippen LogP contribution in [0.15, 0.2) is 24.5 Å². The van der Waals surface area contributed by atoms with Crippen molar-refractivity contribution < 1.29 is 4.79 Å². The van der Waals surface area contributed by atoms with Gasteiger partial charge in [-0.15, -0.1) is 11.3 Å². The van der Waals surface area contributed by atoms with Gasteiger partial charge in [0.25, 0.3) is 5.91 Å². The van der Waals surface area contributed by atoms with E-state index < -0.39 is 0 Å². The van der Waals surface area contributed by atoms with E-state index in [0.29, 0.717) is 0 Å². The second-order valence-electron chi connectivity index (χ2n) is 4.42. The lowest BCUT2D eigenvalue weighted by molar-refractivity contribution is 0.0958. The zero-order valence-electron chi connectivity index (χ0n) is 10.8. The molecular weight excluding hydrogens is 290 g/mol. The lowest BCUT2D eigenvalue weighted by Crippen LogP contribution is -2.25. The van der Waals surface area contributed by atoms with Crippen LogP contribution >= 0.6 is 23.1 Å². The summed E-state index contributed by atoms with van der Waals surface area (Å²) in [6.45, 7) is 0.0450. The molecule has 2 aromatic rings. The Hall–Kier alpha value is -1.71. The number of fused-ring (bicyclic) bond motifs is 1. The van der Waals surface area contributed by atoms with Gasteiger partial charge in [0.1, 0.15) is 11.5 Å². The van der Waals surface area contributed by atoms with Crippen LogP contribution in [-0.4, -0.2) is 22.8 Å². The van der Waals surface area contributed by atoms with Crippen molar-refractivity contribution in [1.82, 2.24) is 9.88 Å². The number of aromatic nitrogens is 1. The van der Waals surface area contributed by atoms with E-state index in [1.54, 1.807) is 11.3 Å². The van der Waals surface area contributed by atoms with Gasteiger partial charge in [0.15, 0.2) is 0 Å². The molecule has 0 radical (unpaired) electrons. The van der Waals surface area contributed by atoms with Crippen molar-refractivity contribution >= 4 is 29.0 Å². The van der Waals surface area contributed by atoms with Gasteiger partial charge in [0, 0.05) is 23.0 Å². The molecule has 0 spiro atoms. The second-order valence-corrected chi connectivity index (χ2v) is 6.61. The molecule has 0 aliphatic carbocycles. The van der Waals surface area contributed by atoms with E-state index in [9.17, 15) is 4.79 Å². The van der Waals surface area contributed by atoms with Crippen molar-refractivity contribution in [1.29, 1.82) is 5.26 Å². The van der Waals surface area contributed by atoms with E-state index in [1.165, 1.54) is 4.88 Å². The second kappa shape index (κ2) is 5.73. The first kappa shape index (κ1) is 13.3. The molecule has 0 saturated heterocycles. The molecule has 6 heteroatoms. The average Bonchev–Trinajstić information content (AvgIpc) is 3.11. The van der Waals surface area contributed by atoms with Crippen LogP contribution in [0.3, 0.4) is 0 Å². The zero-order chi connectivity index (χ0) is 13.9. The summed E-state index contributed by atoms with van der Waals surface area (Å²) in [4.78, 5) is 13.7. The highest BCUT2D eigenvalue weighted by Crippen LogP contribution is 2.38. The number of carbonyl (C=O) groups excluding carboxylic acids is 1. The monoisotopic (exact) mass is 303 g/mol. The molecule has 3 rings (SSSR count). The summed E-state index contributed by atoms with van der Waals surface area (Å²) < 4.78 is 1.98. The summed E-state index contributed by atoms with van der Waals surface area (Å²) in [5.41, 5.74) is 1.91. The molecule has 2 aromatic heterocycles. The Morgan fingerprint density at radius 3 is 3.00 bits per heavy atom. The number of thioether (sulfide) groups is 1. The van der Waals surface area contributed by atoms with Gasteiger partial charge in [-0.25, -0.2) is 0 Å². The van der Waals surface area contributed by atoms with Gasteiger partial charge in [0.05, 0.1) is 11.6 Å². The molecule has 4 nitrogen and oxygen atoms in total. The molecule has 0 bridgehead atoms. The van der Waals surface area contributed by atoms with Crippen molar-refractivity contribution in [3.63, 3.8) is 0 Å². The van der Waals surface area contributed by atoms with Crippen molar-refractivity contribution in [3.8, 4) is 11.1 Å². The van der Waals surface area contributed by atoms with Gasteiger partial charge in [-0.3, -0.25) is 4.79 Å². The number of hydrogen-bond acceptors (Lipinski definition) is 4. The van der Waals surface area contributed by atoms with Crippen LogP contribution in [-0.2, 0) is 12.2 Å². The fourth-order valence-corrected chi connectivity index (χ4v) is 4.76. The fourth-order valence-electron chi connectivity index (χ4n) is 2.31. The lowest BCUT2D eigenvalue weighted by atomic mass is 10.1. The van der Waals surface area contributed by atoms with Crippen molar-refractivity contribution in [2.24, 2.45) is 0 Å². The maximum atomic E-state index is 12.4. The largest absolute Gasteiger partial charge is 0.339 e. The Balaban J connectivity index is 2.07. The number of nitriles is 1. The van der Waals surface area contributed by atoms with Crippen LogP contribution in [0.5, 0.6) is 0 Å². The number of thiophene rings is 1. The predicted molar refractivity (Wildman–Crippen MR) is 81.5 cm³/mol. The Labute approximate surface area is 125 Å². The molecular formula is C14H13N3OS2. The van der Waals surface area contributed by atoms with Crippen LogP contribution in [0, 0.1) is 11.3 Å². The van der Waals surface area contributed by atoms with Crippen molar-refractivity contribution in [2.75, 3.05) is 12.3 Å². The minimum absolute atomic E-state index is 0.0450. The molecule has 0 unspecified atom stereocenters. The quantitative estimate of drug-likeness (QED) is 0.887. The van der Waals surface area contributed by atoms with Gasteiger partial charge in [0.2, 0.25) is 0 Å². The summed E-state index contributed by atoms with van der Waals surface area (Å²) in [6.07, 6.45) is 4.82. The fraction of sp³-hybridized carbons (Fsp3) is 0.286. The molecule has 0 fully saturated rings. The summed E-state index contributed by atoms with van der Waals surface area (Å²) >= 11 is 3.58. The third-order valence-corrected chi connectivity index (χ3v) is 5.61. The highest BCUT2D eigenvalue weighted by atomic mass is 32.2. The van der Waals surface area contributed by atoms with Gasteiger partial charge in [-0.05, 0) is 29.9 Å². The van der Waals surface area contributed by atoms with E-state index in [4.69, 9.17) is 5.26 Å². The molecule has 1 aliphatic rings. The average molecular weight is 303 g/mol. The van der Waals surface area contributed by atoms with Crippen molar-refractivity contribution in [3.05, 3.63) is 40.5 Å². The minimum Gasteiger partial charge on any atom is -0.339 e. The van der Waals surface area contributed by atoms with Gasteiger partial charge < -0.3 is 9.88 Å². The molecule has 1 amide bonds. The Morgan fingerprint density at radius 1 is 1.45 bits per heavy atom. The molecule has 1 aliphatic heterocycles.